The summed E-state index contributed by atoms with van der Waals surface area (Å²) in [6.07, 6.45) is 4.85. The standard InChI is InChI=1S/C15H23N3O/c1-2-11-4-3-8-18(9-7-11)14-6-5-12(16)10-13(14)15(17)19/h5-6,10-11H,2-4,7-9,16H2,1H3,(H2,17,19). The number of hydrogen-bond acceptors (Lipinski definition) is 3. The minimum absolute atomic E-state index is 0.404. The van der Waals surface area contributed by atoms with Gasteiger partial charge in [0.05, 0.1) is 5.56 Å². The maximum absolute atomic E-state index is 11.6. The Kier molecular flexibility index (Phi) is 4.30. The highest BCUT2D eigenvalue weighted by Gasteiger charge is 2.19. The van der Waals surface area contributed by atoms with Gasteiger partial charge in [0.25, 0.3) is 5.91 Å². The smallest absolute Gasteiger partial charge is 0.250 e. The lowest BCUT2D eigenvalue weighted by molar-refractivity contribution is 0.100. The number of primary amides is 1. The summed E-state index contributed by atoms with van der Waals surface area (Å²) in [5, 5.41) is 0. The molecule has 1 aromatic rings. The molecule has 4 heteroatoms. The van der Waals surface area contributed by atoms with Crippen LogP contribution >= 0.6 is 0 Å². The Labute approximate surface area is 114 Å². The van der Waals surface area contributed by atoms with Crippen LogP contribution in [0, 0.1) is 5.92 Å². The highest BCUT2D eigenvalue weighted by molar-refractivity contribution is 5.99. The molecule has 4 N–H and O–H groups in total. The number of benzene rings is 1. The molecule has 104 valence electrons. The number of amides is 1. The van der Waals surface area contributed by atoms with Gasteiger partial charge in [0.15, 0.2) is 0 Å². The normalized spacial score (nSPS) is 20.1. The van der Waals surface area contributed by atoms with Crippen molar-refractivity contribution >= 4 is 17.3 Å². The van der Waals surface area contributed by atoms with Crippen molar-refractivity contribution in [1.29, 1.82) is 0 Å². The van der Waals surface area contributed by atoms with Crippen LogP contribution < -0.4 is 16.4 Å². The topological polar surface area (TPSA) is 72.3 Å². The summed E-state index contributed by atoms with van der Waals surface area (Å²) in [4.78, 5) is 13.8. The van der Waals surface area contributed by atoms with Crippen molar-refractivity contribution in [3.63, 3.8) is 0 Å². The van der Waals surface area contributed by atoms with Crippen LogP contribution in [0.3, 0.4) is 0 Å². The number of anilines is 2. The van der Waals surface area contributed by atoms with Gasteiger partial charge in [-0.2, -0.15) is 0 Å². The molecule has 0 bridgehead atoms. The van der Waals surface area contributed by atoms with Crippen molar-refractivity contribution in [2.75, 3.05) is 23.7 Å². The zero-order chi connectivity index (χ0) is 13.8. The van der Waals surface area contributed by atoms with E-state index in [-0.39, 0.29) is 0 Å². The van der Waals surface area contributed by atoms with Crippen LogP contribution in [0.2, 0.25) is 0 Å². The van der Waals surface area contributed by atoms with Crippen molar-refractivity contribution in [2.24, 2.45) is 11.7 Å². The molecule has 1 heterocycles. The van der Waals surface area contributed by atoms with E-state index >= 15 is 0 Å². The summed E-state index contributed by atoms with van der Waals surface area (Å²) < 4.78 is 0. The molecule has 19 heavy (non-hydrogen) atoms. The lowest BCUT2D eigenvalue weighted by Crippen LogP contribution is -2.27. The number of nitrogen functional groups attached to an aromatic ring is 1. The van der Waals surface area contributed by atoms with Crippen LogP contribution in [-0.4, -0.2) is 19.0 Å². The van der Waals surface area contributed by atoms with Crippen LogP contribution in [-0.2, 0) is 0 Å². The number of nitrogens with zero attached hydrogens (tertiary/aromatic N) is 1. The third kappa shape index (κ3) is 3.19. The predicted molar refractivity (Wildman–Crippen MR) is 79.2 cm³/mol. The SMILES string of the molecule is CCC1CCCN(c2ccc(N)cc2C(N)=O)CC1. The third-order valence-electron chi connectivity index (χ3n) is 4.05. The summed E-state index contributed by atoms with van der Waals surface area (Å²) in [7, 11) is 0. The highest BCUT2D eigenvalue weighted by Crippen LogP contribution is 2.28. The van der Waals surface area contributed by atoms with E-state index in [9.17, 15) is 4.79 Å². The minimum atomic E-state index is -0.404. The second-order valence-electron chi connectivity index (χ2n) is 5.33. The van der Waals surface area contributed by atoms with Crippen molar-refractivity contribution in [2.45, 2.75) is 32.6 Å². The second-order valence-corrected chi connectivity index (χ2v) is 5.33. The lowest BCUT2D eigenvalue weighted by Gasteiger charge is -2.25. The molecule has 1 fully saturated rings. The van der Waals surface area contributed by atoms with E-state index in [1.807, 2.05) is 12.1 Å². The highest BCUT2D eigenvalue weighted by atomic mass is 16.1. The zero-order valence-electron chi connectivity index (χ0n) is 11.6. The van der Waals surface area contributed by atoms with Gasteiger partial charge in [-0.25, -0.2) is 0 Å². The largest absolute Gasteiger partial charge is 0.399 e. The van der Waals surface area contributed by atoms with Crippen molar-refractivity contribution in [3.8, 4) is 0 Å². The molecule has 0 aliphatic carbocycles. The molecule has 1 saturated heterocycles. The Bertz CT molecular complexity index is 459. The van der Waals surface area contributed by atoms with Crippen LogP contribution in [0.4, 0.5) is 11.4 Å². The summed E-state index contributed by atoms with van der Waals surface area (Å²) in [5.74, 6) is 0.398. The Morgan fingerprint density at radius 2 is 2.16 bits per heavy atom. The Balaban J connectivity index is 2.23. The summed E-state index contributed by atoms with van der Waals surface area (Å²) in [6, 6.07) is 5.44. The molecule has 0 spiro atoms. The van der Waals surface area contributed by atoms with E-state index in [4.69, 9.17) is 11.5 Å². The van der Waals surface area contributed by atoms with Gasteiger partial charge < -0.3 is 16.4 Å². The maximum Gasteiger partial charge on any atom is 0.250 e. The van der Waals surface area contributed by atoms with Gasteiger partial charge in [-0.15, -0.1) is 0 Å². The first-order valence-electron chi connectivity index (χ1n) is 7.06. The number of carbonyl (C=O) groups excluding carboxylic acids is 1. The molecule has 1 aromatic carbocycles. The van der Waals surface area contributed by atoms with E-state index < -0.39 is 5.91 Å². The molecule has 0 aromatic heterocycles. The molecule has 1 aliphatic heterocycles. The second kappa shape index (κ2) is 5.95. The van der Waals surface area contributed by atoms with Gasteiger partial charge in [0.2, 0.25) is 0 Å². The fourth-order valence-electron chi connectivity index (χ4n) is 2.84. The molecule has 0 radical (unpaired) electrons. The van der Waals surface area contributed by atoms with E-state index in [1.165, 1.54) is 25.7 Å². The molecule has 2 rings (SSSR count). The van der Waals surface area contributed by atoms with Gasteiger partial charge in [0.1, 0.15) is 0 Å². The summed E-state index contributed by atoms with van der Waals surface area (Å²) in [6.45, 7) is 4.22. The minimum Gasteiger partial charge on any atom is -0.399 e. The Morgan fingerprint density at radius 3 is 2.84 bits per heavy atom. The van der Waals surface area contributed by atoms with Crippen LogP contribution in [0.15, 0.2) is 18.2 Å². The van der Waals surface area contributed by atoms with Gasteiger partial charge >= 0.3 is 0 Å². The molecule has 0 saturated carbocycles. The van der Waals surface area contributed by atoms with E-state index in [2.05, 4.69) is 11.8 Å². The van der Waals surface area contributed by atoms with Gasteiger partial charge in [0, 0.05) is 24.5 Å². The van der Waals surface area contributed by atoms with Crippen LogP contribution in [0.1, 0.15) is 43.0 Å². The molecular weight excluding hydrogens is 238 g/mol. The fourth-order valence-corrected chi connectivity index (χ4v) is 2.84. The molecule has 1 atom stereocenters. The number of nitrogens with two attached hydrogens (primary N) is 2. The number of rotatable bonds is 3. The van der Waals surface area contributed by atoms with Crippen LogP contribution in [0.25, 0.3) is 0 Å². The predicted octanol–water partition coefficient (Wildman–Crippen LogP) is 2.38. The van der Waals surface area contributed by atoms with Gasteiger partial charge in [-0.1, -0.05) is 13.3 Å². The maximum atomic E-state index is 11.6. The third-order valence-corrected chi connectivity index (χ3v) is 4.05. The molecule has 1 amide bonds. The number of hydrogen-bond donors (Lipinski definition) is 2. The first-order chi connectivity index (χ1) is 9.11. The zero-order valence-corrected chi connectivity index (χ0v) is 11.6. The van der Waals surface area contributed by atoms with E-state index in [0.717, 1.165) is 24.7 Å². The summed E-state index contributed by atoms with van der Waals surface area (Å²) >= 11 is 0. The van der Waals surface area contributed by atoms with Crippen molar-refractivity contribution in [1.82, 2.24) is 0 Å². The average Bonchev–Trinajstić information content (AvgIpc) is 2.63. The first kappa shape index (κ1) is 13.7. The molecule has 1 aliphatic rings. The van der Waals surface area contributed by atoms with E-state index in [1.54, 1.807) is 6.07 Å². The quantitative estimate of drug-likeness (QED) is 0.820. The van der Waals surface area contributed by atoms with E-state index in [0.29, 0.717) is 11.3 Å². The monoisotopic (exact) mass is 261 g/mol. The average molecular weight is 261 g/mol. The van der Waals surface area contributed by atoms with Crippen molar-refractivity contribution < 1.29 is 4.79 Å². The van der Waals surface area contributed by atoms with Crippen LogP contribution in [0.5, 0.6) is 0 Å². The summed E-state index contributed by atoms with van der Waals surface area (Å²) in [5.41, 5.74) is 13.3. The van der Waals surface area contributed by atoms with Crippen molar-refractivity contribution in [3.05, 3.63) is 23.8 Å². The Hall–Kier alpha value is -1.71. The fraction of sp³-hybridized carbons (Fsp3) is 0.533. The first-order valence-corrected chi connectivity index (χ1v) is 7.06. The molecule has 4 nitrogen and oxygen atoms in total. The lowest BCUT2D eigenvalue weighted by atomic mass is 9.98. The van der Waals surface area contributed by atoms with Gasteiger partial charge in [-0.05, 0) is 43.4 Å². The van der Waals surface area contributed by atoms with Gasteiger partial charge in [-0.3, -0.25) is 4.79 Å². The Morgan fingerprint density at radius 1 is 1.37 bits per heavy atom. The molecule has 1 unspecified atom stereocenters. The molecular formula is C15H23N3O. The number of carbonyl (C=O) groups is 1.